The zero-order valence-electron chi connectivity index (χ0n) is 17.3. The number of carbonyl (C=O) groups is 2. The highest BCUT2D eigenvalue weighted by Crippen LogP contribution is 2.29. The number of hydrogen-bond acceptors (Lipinski definition) is 3. The fourth-order valence-electron chi connectivity index (χ4n) is 3.69. The van der Waals surface area contributed by atoms with E-state index in [2.05, 4.69) is 40.2 Å². The summed E-state index contributed by atoms with van der Waals surface area (Å²) in [6.07, 6.45) is -1.78. The van der Waals surface area contributed by atoms with Crippen LogP contribution in [-0.4, -0.2) is 30.4 Å². The van der Waals surface area contributed by atoms with Gasteiger partial charge in [0.25, 0.3) is 5.91 Å². The van der Waals surface area contributed by atoms with Crippen LogP contribution in [0.3, 0.4) is 0 Å². The minimum absolute atomic E-state index is 0.0524. The maximum atomic E-state index is 12.8. The van der Waals surface area contributed by atoms with Crippen LogP contribution in [0.5, 0.6) is 0 Å². The number of hydrogen-bond donors (Lipinski definition) is 3. The molecule has 31 heavy (non-hydrogen) atoms. The predicted molar refractivity (Wildman–Crippen MR) is 111 cm³/mol. The molecule has 1 fully saturated rings. The second kappa shape index (κ2) is 9.96. The van der Waals surface area contributed by atoms with Gasteiger partial charge < -0.3 is 16.0 Å². The van der Waals surface area contributed by atoms with E-state index in [0.717, 1.165) is 37.0 Å². The molecule has 166 valence electrons. The van der Waals surface area contributed by atoms with E-state index in [-0.39, 0.29) is 30.1 Å². The molecule has 8 heteroatoms. The highest BCUT2D eigenvalue weighted by molar-refractivity contribution is 5.96. The standard InChI is InChI=1S/C23H26F3N3O2/c1-15-8-10-16(11-9-15)13-27-19-6-3-7-20(19)29-21(30)14-28-22(31)17-4-2-5-18(12-17)23(24,25)26/h2,4-5,8-12,19-20,27H,3,6-7,13-14H2,1H3,(H,28,31)(H,29,30)/t19-,20-/m0/s1. The Kier molecular flexibility index (Phi) is 7.33. The van der Waals surface area contributed by atoms with Crippen LogP contribution in [0.4, 0.5) is 13.2 Å². The fourth-order valence-corrected chi connectivity index (χ4v) is 3.69. The number of alkyl halides is 3. The Morgan fingerprint density at radius 1 is 1.03 bits per heavy atom. The van der Waals surface area contributed by atoms with Gasteiger partial charge in [0, 0.05) is 24.2 Å². The first-order chi connectivity index (χ1) is 14.7. The lowest BCUT2D eigenvalue weighted by atomic mass is 10.1. The molecule has 2 atom stereocenters. The number of rotatable bonds is 7. The Hall–Kier alpha value is -2.87. The molecule has 5 nitrogen and oxygen atoms in total. The van der Waals surface area contributed by atoms with Crippen molar-refractivity contribution in [2.75, 3.05) is 6.54 Å². The van der Waals surface area contributed by atoms with E-state index in [0.29, 0.717) is 6.54 Å². The number of aryl methyl sites for hydroxylation is 1. The van der Waals surface area contributed by atoms with Gasteiger partial charge in [-0.15, -0.1) is 0 Å². The molecule has 0 spiro atoms. The van der Waals surface area contributed by atoms with Crippen molar-refractivity contribution in [3.05, 3.63) is 70.8 Å². The summed E-state index contributed by atoms with van der Waals surface area (Å²) in [7, 11) is 0. The zero-order valence-corrected chi connectivity index (χ0v) is 17.3. The lowest BCUT2D eigenvalue weighted by molar-refractivity contribution is -0.137. The van der Waals surface area contributed by atoms with Gasteiger partial charge in [0.15, 0.2) is 0 Å². The summed E-state index contributed by atoms with van der Waals surface area (Å²) >= 11 is 0. The monoisotopic (exact) mass is 433 g/mol. The molecule has 3 rings (SSSR count). The maximum Gasteiger partial charge on any atom is 0.416 e. The lowest BCUT2D eigenvalue weighted by Gasteiger charge is -2.22. The predicted octanol–water partition coefficient (Wildman–Crippen LogP) is 3.57. The van der Waals surface area contributed by atoms with Crippen LogP contribution in [-0.2, 0) is 17.5 Å². The molecule has 1 aliphatic carbocycles. The molecule has 0 radical (unpaired) electrons. The third-order valence-corrected chi connectivity index (χ3v) is 5.41. The Morgan fingerprint density at radius 3 is 2.45 bits per heavy atom. The normalized spacial score (nSPS) is 18.6. The average molecular weight is 433 g/mol. The molecular weight excluding hydrogens is 407 g/mol. The number of amides is 2. The number of benzene rings is 2. The van der Waals surface area contributed by atoms with Crippen molar-refractivity contribution < 1.29 is 22.8 Å². The topological polar surface area (TPSA) is 70.2 Å². The van der Waals surface area contributed by atoms with Gasteiger partial charge in [0.1, 0.15) is 0 Å². The van der Waals surface area contributed by atoms with Crippen LogP contribution < -0.4 is 16.0 Å². The molecule has 1 saturated carbocycles. The molecule has 1 aliphatic rings. The molecule has 0 bridgehead atoms. The van der Waals surface area contributed by atoms with E-state index in [1.54, 1.807) is 0 Å². The van der Waals surface area contributed by atoms with Gasteiger partial charge in [-0.05, 0) is 49.9 Å². The molecule has 0 unspecified atom stereocenters. The van der Waals surface area contributed by atoms with E-state index in [4.69, 9.17) is 0 Å². The van der Waals surface area contributed by atoms with Crippen LogP contribution >= 0.6 is 0 Å². The summed E-state index contributed by atoms with van der Waals surface area (Å²) in [6, 6.07) is 12.4. The van der Waals surface area contributed by atoms with E-state index < -0.39 is 17.6 Å². The summed E-state index contributed by atoms with van der Waals surface area (Å²) in [5, 5.41) is 8.79. The number of halogens is 3. The lowest BCUT2D eigenvalue weighted by Crippen LogP contribution is -2.49. The molecule has 2 aromatic carbocycles. The van der Waals surface area contributed by atoms with Gasteiger partial charge in [-0.3, -0.25) is 9.59 Å². The molecule has 0 heterocycles. The van der Waals surface area contributed by atoms with E-state index >= 15 is 0 Å². The van der Waals surface area contributed by atoms with Crippen LogP contribution in [0.1, 0.15) is 46.3 Å². The highest BCUT2D eigenvalue weighted by atomic mass is 19.4. The van der Waals surface area contributed by atoms with Gasteiger partial charge in [0.05, 0.1) is 12.1 Å². The first kappa shape index (κ1) is 22.8. The van der Waals surface area contributed by atoms with Gasteiger partial charge >= 0.3 is 6.18 Å². The Bertz CT molecular complexity index is 913. The molecule has 2 aromatic rings. The summed E-state index contributed by atoms with van der Waals surface area (Å²) in [6.45, 7) is 2.44. The first-order valence-electron chi connectivity index (χ1n) is 10.3. The Morgan fingerprint density at radius 2 is 1.74 bits per heavy atom. The summed E-state index contributed by atoms with van der Waals surface area (Å²) in [5.41, 5.74) is 1.32. The Balaban J connectivity index is 1.47. The number of carbonyl (C=O) groups excluding carboxylic acids is 2. The first-order valence-corrected chi connectivity index (χ1v) is 10.3. The minimum Gasteiger partial charge on any atom is -0.350 e. The highest BCUT2D eigenvalue weighted by Gasteiger charge is 2.31. The second-order valence-electron chi connectivity index (χ2n) is 7.84. The van der Waals surface area contributed by atoms with Crippen molar-refractivity contribution in [1.82, 2.24) is 16.0 Å². The fraction of sp³-hybridized carbons (Fsp3) is 0.391. The maximum absolute atomic E-state index is 12.8. The van der Waals surface area contributed by atoms with Crippen LogP contribution in [0, 0.1) is 6.92 Å². The van der Waals surface area contributed by atoms with Crippen molar-refractivity contribution >= 4 is 11.8 Å². The zero-order chi connectivity index (χ0) is 22.4. The molecule has 2 amide bonds. The van der Waals surface area contributed by atoms with Crippen molar-refractivity contribution in [3.8, 4) is 0 Å². The van der Waals surface area contributed by atoms with Crippen molar-refractivity contribution in [3.63, 3.8) is 0 Å². The van der Waals surface area contributed by atoms with E-state index in [1.807, 2.05) is 6.92 Å². The molecule has 0 aliphatic heterocycles. The molecule has 3 N–H and O–H groups in total. The van der Waals surface area contributed by atoms with Gasteiger partial charge in [-0.2, -0.15) is 13.2 Å². The Labute approximate surface area is 179 Å². The van der Waals surface area contributed by atoms with Crippen molar-refractivity contribution in [2.45, 2.75) is 51.0 Å². The summed E-state index contributed by atoms with van der Waals surface area (Å²) < 4.78 is 38.4. The second-order valence-corrected chi connectivity index (χ2v) is 7.84. The number of nitrogens with one attached hydrogen (secondary N) is 3. The van der Waals surface area contributed by atoms with Gasteiger partial charge in [-0.1, -0.05) is 35.9 Å². The quantitative estimate of drug-likeness (QED) is 0.625. The SMILES string of the molecule is Cc1ccc(CN[C@H]2CCC[C@@H]2NC(=O)CNC(=O)c2cccc(C(F)(F)F)c2)cc1. The largest absolute Gasteiger partial charge is 0.416 e. The molecular formula is C23H26F3N3O2. The van der Waals surface area contributed by atoms with Gasteiger partial charge in [0.2, 0.25) is 5.91 Å². The van der Waals surface area contributed by atoms with Crippen LogP contribution in [0.15, 0.2) is 48.5 Å². The third-order valence-electron chi connectivity index (χ3n) is 5.41. The third kappa shape index (κ3) is 6.55. The van der Waals surface area contributed by atoms with Crippen LogP contribution in [0.25, 0.3) is 0 Å². The smallest absolute Gasteiger partial charge is 0.350 e. The summed E-state index contributed by atoms with van der Waals surface area (Å²) in [5.74, 6) is -1.09. The summed E-state index contributed by atoms with van der Waals surface area (Å²) in [4.78, 5) is 24.4. The van der Waals surface area contributed by atoms with Crippen molar-refractivity contribution in [2.24, 2.45) is 0 Å². The van der Waals surface area contributed by atoms with Crippen LogP contribution in [0.2, 0.25) is 0 Å². The van der Waals surface area contributed by atoms with Crippen molar-refractivity contribution in [1.29, 1.82) is 0 Å². The minimum atomic E-state index is -4.53. The average Bonchev–Trinajstić information content (AvgIpc) is 3.18. The van der Waals surface area contributed by atoms with E-state index in [1.165, 1.54) is 17.7 Å². The molecule has 0 aromatic heterocycles. The molecule has 0 saturated heterocycles. The van der Waals surface area contributed by atoms with Gasteiger partial charge in [-0.25, -0.2) is 0 Å². The van der Waals surface area contributed by atoms with E-state index in [9.17, 15) is 22.8 Å².